The first kappa shape index (κ1) is 23.9. The van der Waals surface area contributed by atoms with Crippen molar-refractivity contribution in [2.24, 2.45) is 0 Å². The standard InChI is InChI=1S/C21H28BF2NO5/c22-16-7-5-6-15(14-16)21(23,24)18(26)10-9-17-11-13-30-20(29)25(17)12-4-2-1-3-8-19(27)28/h5-7,9-10,14,17-18,26H,1-4,8,11-13,22H2,(H,27,28)/b10-9+/t17-,18+/m0/s1. The molecule has 1 saturated heterocycles. The van der Waals surface area contributed by atoms with E-state index in [1.165, 1.54) is 29.2 Å². The molecule has 0 radical (unpaired) electrons. The first-order chi connectivity index (χ1) is 14.2. The van der Waals surface area contributed by atoms with Gasteiger partial charge in [-0.3, -0.25) is 4.79 Å². The first-order valence-electron chi connectivity index (χ1n) is 10.2. The van der Waals surface area contributed by atoms with Crippen LogP contribution in [0.25, 0.3) is 0 Å². The number of nitrogens with zero attached hydrogens (tertiary/aromatic N) is 1. The van der Waals surface area contributed by atoms with Crippen LogP contribution in [0.15, 0.2) is 36.4 Å². The summed E-state index contributed by atoms with van der Waals surface area (Å²) in [5.41, 5.74) is 0.411. The molecule has 1 aromatic rings. The van der Waals surface area contributed by atoms with Crippen molar-refractivity contribution in [3.05, 3.63) is 42.0 Å². The van der Waals surface area contributed by atoms with Gasteiger partial charge in [-0.1, -0.05) is 54.7 Å². The minimum absolute atomic E-state index is 0.115. The number of carboxylic acids is 1. The number of aliphatic carboxylic acids is 1. The Kier molecular flexibility index (Phi) is 8.83. The molecule has 1 aliphatic heterocycles. The molecule has 0 spiro atoms. The maximum atomic E-state index is 14.6. The van der Waals surface area contributed by atoms with E-state index in [2.05, 4.69) is 0 Å². The van der Waals surface area contributed by atoms with Crippen LogP contribution in [0.2, 0.25) is 0 Å². The summed E-state index contributed by atoms with van der Waals surface area (Å²) < 4.78 is 34.2. The third kappa shape index (κ3) is 6.83. The number of amides is 1. The number of unbranched alkanes of at least 4 members (excludes halogenated alkanes) is 3. The van der Waals surface area contributed by atoms with Crippen LogP contribution in [0.1, 0.15) is 44.1 Å². The number of alkyl halides is 2. The molecule has 164 valence electrons. The van der Waals surface area contributed by atoms with E-state index in [0.717, 1.165) is 18.9 Å². The Morgan fingerprint density at radius 3 is 2.77 bits per heavy atom. The van der Waals surface area contributed by atoms with E-state index in [4.69, 9.17) is 9.84 Å². The van der Waals surface area contributed by atoms with E-state index in [1.807, 2.05) is 0 Å². The molecule has 0 bridgehead atoms. The summed E-state index contributed by atoms with van der Waals surface area (Å²) in [5, 5.41) is 18.7. The fraction of sp³-hybridized carbons (Fsp3) is 0.524. The number of halogens is 2. The second-order valence-corrected chi connectivity index (χ2v) is 7.54. The van der Waals surface area contributed by atoms with E-state index < -0.39 is 30.1 Å². The average molecular weight is 423 g/mol. The van der Waals surface area contributed by atoms with Crippen LogP contribution in [-0.4, -0.2) is 60.3 Å². The van der Waals surface area contributed by atoms with Gasteiger partial charge in [0.1, 0.15) is 14.0 Å². The van der Waals surface area contributed by atoms with Gasteiger partial charge >= 0.3 is 18.0 Å². The fourth-order valence-electron chi connectivity index (χ4n) is 3.39. The lowest BCUT2D eigenvalue weighted by Crippen LogP contribution is -2.45. The molecule has 1 aromatic carbocycles. The summed E-state index contributed by atoms with van der Waals surface area (Å²) in [6, 6.07) is 5.40. The van der Waals surface area contributed by atoms with Gasteiger partial charge in [0.2, 0.25) is 0 Å². The van der Waals surface area contributed by atoms with E-state index >= 15 is 0 Å². The molecule has 1 fully saturated rings. The predicted molar refractivity (Wildman–Crippen MR) is 111 cm³/mol. The first-order valence-corrected chi connectivity index (χ1v) is 10.2. The van der Waals surface area contributed by atoms with Crippen LogP contribution in [0, 0.1) is 0 Å². The van der Waals surface area contributed by atoms with Gasteiger partial charge in [0, 0.05) is 24.9 Å². The average Bonchev–Trinajstić information content (AvgIpc) is 2.69. The SMILES string of the molecule is Bc1cccc(C(F)(F)[C@H](O)/C=C/[C@H]2CCOC(=O)N2CCCCCCC(=O)O)c1. The zero-order valence-electron chi connectivity index (χ0n) is 17.1. The van der Waals surface area contributed by atoms with Crippen LogP contribution in [0.4, 0.5) is 13.6 Å². The molecule has 1 aliphatic rings. The van der Waals surface area contributed by atoms with E-state index in [-0.39, 0.29) is 18.6 Å². The van der Waals surface area contributed by atoms with Gasteiger partial charge in [-0.25, -0.2) is 4.79 Å². The summed E-state index contributed by atoms with van der Waals surface area (Å²) in [4.78, 5) is 24.1. The summed E-state index contributed by atoms with van der Waals surface area (Å²) >= 11 is 0. The molecule has 0 aromatic heterocycles. The maximum absolute atomic E-state index is 14.6. The molecule has 0 saturated carbocycles. The zero-order chi connectivity index (χ0) is 22.1. The topological polar surface area (TPSA) is 87.1 Å². The molecule has 2 atom stereocenters. The Morgan fingerprint density at radius 2 is 2.07 bits per heavy atom. The van der Waals surface area contributed by atoms with Gasteiger partial charge in [-0.2, -0.15) is 8.78 Å². The molecule has 2 N–H and O–H groups in total. The molecule has 1 amide bonds. The highest BCUT2D eigenvalue weighted by atomic mass is 19.3. The molecule has 2 rings (SSSR count). The van der Waals surface area contributed by atoms with Crippen molar-refractivity contribution in [2.45, 2.75) is 56.6 Å². The Bertz CT molecular complexity index is 759. The molecule has 0 unspecified atom stereocenters. The second kappa shape index (κ2) is 11.1. The van der Waals surface area contributed by atoms with Crippen molar-refractivity contribution in [1.82, 2.24) is 4.90 Å². The number of carbonyl (C=O) groups excluding carboxylic acids is 1. The third-order valence-corrected chi connectivity index (χ3v) is 5.10. The number of carbonyl (C=O) groups is 2. The van der Waals surface area contributed by atoms with E-state index in [9.17, 15) is 23.5 Å². The highest BCUT2D eigenvalue weighted by Gasteiger charge is 2.39. The number of aliphatic hydroxyl groups is 1. The highest BCUT2D eigenvalue weighted by Crippen LogP contribution is 2.32. The molecule has 1 heterocycles. The summed E-state index contributed by atoms with van der Waals surface area (Å²) in [6.45, 7) is 0.568. The fourth-order valence-corrected chi connectivity index (χ4v) is 3.39. The van der Waals surface area contributed by atoms with Crippen molar-refractivity contribution in [2.75, 3.05) is 13.2 Å². The number of rotatable bonds is 11. The van der Waals surface area contributed by atoms with E-state index in [0.29, 0.717) is 31.3 Å². The largest absolute Gasteiger partial charge is 0.481 e. The summed E-state index contributed by atoms with van der Waals surface area (Å²) in [5.74, 6) is -4.28. The lowest BCUT2D eigenvalue weighted by Gasteiger charge is -2.33. The highest BCUT2D eigenvalue weighted by molar-refractivity contribution is 6.32. The molecule has 30 heavy (non-hydrogen) atoms. The number of hydrogen-bond donors (Lipinski definition) is 2. The second-order valence-electron chi connectivity index (χ2n) is 7.54. The van der Waals surface area contributed by atoms with Gasteiger partial charge < -0.3 is 19.8 Å². The molecular formula is C21H28BF2NO5. The number of cyclic esters (lactones) is 1. The van der Waals surface area contributed by atoms with Crippen molar-refractivity contribution in [3.8, 4) is 0 Å². The van der Waals surface area contributed by atoms with Crippen molar-refractivity contribution in [3.63, 3.8) is 0 Å². The minimum atomic E-state index is -3.45. The van der Waals surface area contributed by atoms with Gasteiger partial charge in [-0.05, 0) is 12.8 Å². The van der Waals surface area contributed by atoms with Gasteiger partial charge in [-0.15, -0.1) is 0 Å². The Morgan fingerprint density at radius 1 is 1.33 bits per heavy atom. The number of benzene rings is 1. The van der Waals surface area contributed by atoms with Gasteiger partial charge in [0.05, 0.1) is 12.6 Å². The number of aliphatic hydroxyl groups excluding tert-OH is 1. The third-order valence-electron chi connectivity index (χ3n) is 5.10. The smallest absolute Gasteiger partial charge is 0.410 e. The van der Waals surface area contributed by atoms with Crippen LogP contribution < -0.4 is 5.46 Å². The zero-order valence-corrected chi connectivity index (χ0v) is 17.1. The molecule has 0 aliphatic carbocycles. The normalized spacial score (nSPS) is 18.4. The Hall–Kier alpha value is -2.42. The lowest BCUT2D eigenvalue weighted by atomic mass is 9.91. The predicted octanol–water partition coefficient (Wildman–Crippen LogP) is 2.20. The maximum Gasteiger partial charge on any atom is 0.410 e. The van der Waals surface area contributed by atoms with Crippen LogP contribution >= 0.6 is 0 Å². The quantitative estimate of drug-likeness (QED) is 0.324. The van der Waals surface area contributed by atoms with Gasteiger partial charge in [0.15, 0.2) is 0 Å². The Labute approximate surface area is 175 Å². The number of ether oxygens (including phenoxy) is 1. The van der Waals surface area contributed by atoms with Crippen molar-refractivity contribution < 1.29 is 33.3 Å². The van der Waals surface area contributed by atoms with E-state index in [1.54, 1.807) is 13.9 Å². The molecular weight excluding hydrogens is 395 g/mol. The molecule has 9 heteroatoms. The number of carboxylic acid groups (broad SMARTS) is 1. The van der Waals surface area contributed by atoms with Gasteiger partial charge in [0.25, 0.3) is 0 Å². The van der Waals surface area contributed by atoms with Crippen LogP contribution in [0.3, 0.4) is 0 Å². The molecule has 6 nitrogen and oxygen atoms in total. The summed E-state index contributed by atoms with van der Waals surface area (Å²) in [6.07, 6.45) is 3.23. The summed E-state index contributed by atoms with van der Waals surface area (Å²) in [7, 11) is 1.70. The van der Waals surface area contributed by atoms with Crippen LogP contribution in [-0.2, 0) is 15.5 Å². The minimum Gasteiger partial charge on any atom is -0.481 e. The van der Waals surface area contributed by atoms with Crippen molar-refractivity contribution in [1.29, 1.82) is 0 Å². The Balaban J connectivity index is 1.95. The van der Waals surface area contributed by atoms with Crippen molar-refractivity contribution >= 4 is 25.4 Å². The number of hydrogen-bond acceptors (Lipinski definition) is 4. The lowest BCUT2D eigenvalue weighted by molar-refractivity contribution is -0.137. The monoisotopic (exact) mass is 423 g/mol. The van der Waals surface area contributed by atoms with Crippen LogP contribution in [0.5, 0.6) is 0 Å².